The van der Waals surface area contributed by atoms with Crippen LogP contribution in [0.25, 0.3) is 11.3 Å². The number of nitrogens with zero attached hydrogens (tertiary/aromatic N) is 1. The molecule has 3 nitrogen and oxygen atoms in total. The molecular formula is C15H16BrNO2. The smallest absolute Gasteiger partial charge is 0.265 e. The van der Waals surface area contributed by atoms with Crippen LogP contribution in [0.4, 0.5) is 0 Å². The predicted molar refractivity (Wildman–Crippen MR) is 80.8 cm³/mol. The summed E-state index contributed by atoms with van der Waals surface area (Å²) in [5.74, 6) is 0.823. The number of aryl methyl sites for hydroxylation is 1. The van der Waals surface area contributed by atoms with Crippen molar-refractivity contribution in [1.82, 2.24) is 4.57 Å². The molecule has 0 atom stereocenters. The summed E-state index contributed by atoms with van der Waals surface area (Å²) in [6, 6.07) is 9.64. The van der Waals surface area contributed by atoms with Crippen LogP contribution < -0.4 is 10.3 Å². The van der Waals surface area contributed by atoms with E-state index in [1.807, 2.05) is 38.1 Å². The van der Waals surface area contributed by atoms with Gasteiger partial charge >= 0.3 is 0 Å². The maximum atomic E-state index is 12.1. The van der Waals surface area contributed by atoms with Crippen molar-refractivity contribution in [2.24, 2.45) is 0 Å². The summed E-state index contributed by atoms with van der Waals surface area (Å²) in [6.07, 6.45) is 0. The lowest BCUT2D eigenvalue weighted by molar-refractivity contribution is 0.414. The van der Waals surface area contributed by atoms with E-state index in [2.05, 4.69) is 15.9 Å². The van der Waals surface area contributed by atoms with Gasteiger partial charge in [-0.3, -0.25) is 4.79 Å². The first-order valence-corrected chi connectivity index (χ1v) is 6.92. The maximum Gasteiger partial charge on any atom is 0.265 e. The average Bonchev–Trinajstić information content (AvgIpc) is 2.42. The third kappa shape index (κ3) is 2.59. The molecule has 0 unspecified atom stereocenters. The van der Waals surface area contributed by atoms with Crippen molar-refractivity contribution in [1.29, 1.82) is 0 Å². The monoisotopic (exact) mass is 321 g/mol. The third-order valence-corrected chi connectivity index (χ3v) is 3.76. The van der Waals surface area contributed by atoms with Gasteiger partial charge in [0.25, 0.3) is 5.56 Å². The van der Waals surface area contributed by atoms with E-state index >= 15 is 0 Å². The van der Waals surface area contributed by atoms with Crippen LogP contribution in [0.3, 0.4) is 0 Å². The molecule has 0 fully saturated rings. The first-order valence-electron chi connectivity index (χ1n) is 6.12. The third-order valence-electron chi connectivity index (χ3n) is 3.15. The maximum absolute atomic E-state index is 12.1. The molecule has 2 rings (SSSR count). The molecule has 0 aliphatic rings. The van der Waals surface area contributed by atoms with Gasteiger partial charge in [-0.1, -0.05) is 0 Å². The first-order chi connectivity index (χ1) is 9.08. The Bertz CT molecular complexity index is 662. The number of aromatic nitrogens is 1. The summed E-state index contributed by atoms with van der Waals surface area (Å²) in [7, 11) is 1.65. The first kappa shape index (κ1) is 13.9. The Hall–Kier alpha value is -1.55. The van der Waals surface area contributed by atoms with Gasteiger partial charge in [0.15, 0.2) is 0 Å². The molecule has 1 heterocycles. The van der Waals surface area contributed by atoms with Crippen molar-refractivity contribution in [3.8, 4) is 17.0 Å². The standard InChI is InChI=1S/C15H16BrNO2/c1-4-17-14(8-7-13(16)15(17)18)12-6-5-11(19-3)9-10(12)2/h5-9H,4H2,1-3H3. The van der Waals surface area contributed by atoms with Crippen molar-refractivity contribution in [3.05, 3.63) is 50.7 Å². The molecule has 0 spiro atoms. The number of pyridine rings is 1. The number of rotatable bonds is 3. The van der Waals surface area contributed by atoms with Crippen LogP contribution in [0.1, 0.15) is 12.5 Å². The van der Waals surface area contributed by atoms with Gasteiger partial charge in [0.05, 0.1) is 17.3 Å². The minimum atomic E-state index is -0.00443. The molecule has 0 saturated heterocycles. The quantitative estimate of drug-likeness (QED) is 0.864. The fourth-order valence-electron chi connectivity index (χ4n) is 2.15. The number of benzene rings is 1. The van der Waals surface area contributed by atoms with Gasteiger partial charge in [0.2, 0.25) is 0 Å². The van der Waals surface area contributed by atoms with E-state index in [9.17, 15) is 4.79 Å². The second-order valence-corrected chi connectivity index (χ2v) is 5.15. The zero-order chi connectivity index (χ0) is 14.0. The molecule has 0 N–H and O–H groups in total. The molecule has 0 aliphatic carbocycles. The van der Waals surface area contributed by atoms with Crippen LogP contribution in [0.5, 0.6) is 5.75 Å². The van der Waals surface area contributed by atoms with Crippen molar-refractivity contribution in [2.75, 3.05) is 7.11 Å². The van der Waals surface area contributed by atoms with Crippen molar-refractivity contribution in [3.63, 3.8) is 0 Å². The van der Waals surface area contributed by atoms with E-state index in [0.717, 1.165) is 22.6 Å². The summed E-state index contributed by atoms with van der Waals surface area (Å²) in [6.45, 7) is 4.62. The molecule has 0 saturated carbocycles. The molecule has 1 aromatic heterocycles. The van der Waals surface area contributed by atoms with E-state index < -0.39 is 0 Å². The molecule has 0 amide bonds. The van der Waals surface area contributed by atoms with Gasteiger partial charge in [-0.25, -0.2) is 0 Å². The fraction of sp³-hybridized carbons (Fsp3) is 0.267. The number of halogens is 1. The highest BCUT2D eigenvalue weighted by Gasteiger charge is 2.10. The lowest BCUT2D eigenvalue weighted by atomic mass is 10.0. The summed E-state index contributed by atoms with van der Waals surface area (Å²) < 4.78 is 7.56. The lowest BCUT2D eigenvalue weighted by Crippen LogP contribution is -2.21. The highest BCUT2D eigenvalue weighted by atomic mass is 79.9. The Morgan fingerprint density at radius 3 is 2.58 bits per heavy atom. The minimum Gasteiger partial charge on any atom is -0.497 e. The SMILES string of the molecule is CCn1c(-c2ccc(OC)cc2C)ccc(Br)c1=O. The van der Waals surface area contributed by atoms with Gasteiger partial charge in [0, 0.05) is 12.1 Å². The van der Waals surface area contributed by atoms with Gasteiger partial charge in [-0.2, -0.15) is 0 Å². The molecule has 0 aliphatic heterocycles. The van der Waals surface area contributed by atoms with E-state index in [1.165, 1.54) is 0 Å². The molecule has 1 aromatic carbocycles. The molecule has 100 valence electrons. The second kappa shape index (κ2) is 5.61. The van der Waals surface area contributed by atoms with Crippen LogP contribution in [-0.4, -0.2) is 11.7 Å². The van der Waals surface area contributed by atoms with E-state index in [0.29, 0.717) is 11.0 Å². The zero-order valence-corrected chi connectivity index (χ0v) is 12.8. The summed E-state index contributed by atoms with van der Waals surface area (Å²) in [4.78, 5) is 12.1. The largest absolute Gasteiger partial charge is 0.497 e. The number of hydrogen-bond acceptors (Lipinski definition) is 2. The Morgan fingerprint density at radius 2 is 2.00 bits per heavy atom. The Morgan fingerprint density at radius 1 is 1.26 bits per heavy atom. The molecular weight excluding hydrogens is 306 g/mol. The summed E-state index contributed by atoms with van der Waals surface area (Å²) >= 11 is 3.28. The Balaban J connectivity index is 2.66. The van der Waals surface area contributed by atoms with Crippen molar-refractivity contribution < 1.29 is 4.74 Å². The van der Waals surface area contributed by atoms with E-state index in [1.54, 1.807) is 17.7 Å². The molecule has 0 radical (unpaired) electrons. The van der Waals surface area contributed by atoms with Gasteiger partial charge in [-0.15, -0.1) is 0 Å². The molecule has 4 heteroatoms. The Kier molecular flexibility index (Phi) is 4.10. The van der Waals surface area contributed by atoms with Gasteiger partial charge in [-0.05, 0) is 65.7 Å². The summed E-state index contributed by atoms with van der Waals surface area (Å²) in [5.41, 5.74) is 3.06. The number of hydrogen-bond donors (Lipinski definition) is 0. The normalized spacial score (nSPS) is 10.5. The highest BCUT2D eigenvalue weighted by Crippen LogP contribution is 2.26. The molecule has 0 bridgehead atoms. The van der Waals surface area contributed by atoms with Gasteiger partial charge in [0.1, 0.15) is 5.75 Å². The lowest BCUT2D eigenvalue weighted by Gasteiger charge is -2.14. The van der Waals surface area contributed by atoms with Crippen LogP contribution in [0.15, 0.2) is 39.6 Å². The van der Waals surface area contributed by atoms with Crippen LogP contribution in [0.2, 0.25) is 0 Å². The molecule has 2 aromatic rings. The van der Waals surface area contributed by atoms with Crippen molar-refractivity contribution >= 4 is 15.9 Å². The number of ether oxygens (including phenoxy) is 1. The predicted octanol–water partition coefficient (Wildman–Crippen LogP) is 3.61. The molecule has 19 heavy (non-hydrogen) atoms. The highest BCUT2D eigenvalue weighted by molar-refractivity contribution is 9.10. The number of methoxy groups -OCH3 is 1. The average molecular weight is 322 g/mol. The topological polar surface area (TPSA) is 31.2 Å². The Labute approximate surface area is 121 Å². The second-order valence-electron chi connectivity index (χ2n) is 4.30. The zero-order valence-electron chi connectivity index (χ0n) is 11.2. The van der Waals surface area contributed by atoms with Crippen LogP contribution in [0, 0.1) is 6.92 Å². The van der Waals surface area contributed by atoms with Gasteiger partial charge < -0.3 is 9.30 Å². The van der Waals surface area contributed by atoms with Crippen LogP contribution in [-0.2, 0) is 6.54 Å². The van der Waals surface area contributed by atoms with Crippen LogP contribution >= 0.6 is 15.9 Å². The van der Waals surface area contributed by atoms with Crippen molar-refractivity contribution in [2.45, 2.75) is 20.4 Å². The van der Waals surface area contributed by atoms with E-state index in [4.69, 9.17) is 4.74 Å². The van der Waals surface area contributed by atoms with E-state index in [-0.39, 0.29) is 5.56 Å². The minimum absolute atomic E-state index is 0.00443. The fourth-order valence-corrected chi connectivity index (χ4v) is 2.50. The summed E-state index contributed by atoms with van der Waals surface area (Å²) in [5, 5.41) is 0.